The molecule has 2 heterocycles. The van der Waals surface area contributed by atoms with Gasteiger partial charge in [-0.05, 0) is 19.1 Å². The van der Waals surface area contributed by atoms with E-state index < -0.39 is 0 Å². The molecule has 3 nitrogen and oxygen atoms in total. The Morgan fingerprint density at radius 2 is 2.25 bits per heavy atom. The van der Waals surface area contributed by atoms with E-state index in [1.807, 2.05) is 26.0 Å². The Bertz CT molecular complexity index is 424. The van der Waals surface area contributed by atoms with Crippen molar-refractivity contribution in [3.63, 3.8) is 0 Å². The topological polar surface area (TPSA) is 37.4 Å². The van der Waals surface area contributed by atoms with Gasteiger partial charge in [-0.25, -0.2) is 0 Å². The molecule has 1 aromatic heterocycles. The molecule has 0 spiro atoms. The van der Waals surface area contributed by atoms with Gasteiger partial charge >= 0.3 is 0 Å². The van der Waals surface area contributed by atoms with Gasteiger partial charge < -0.3 is 4.90 Å². The Hall–Kier alpha value is -1.16. The molecule has 2 rings (SSSR count). The predicted octanol–water partition coefficient (Wildman–Crippen LogP) is 2.11. The number of nitrogens with zero attached hydrogens (tertiary/aromatic N) is 1. The van der Waals surface area contributed by atoms with Crippen LogP contribution in [0.2, 0.25) is 0 Å². The molecule has 4 heteroatoms. The molecular weight excluding hydrogens is 222 g/mol. The van der Waals surface area contributed by atoms with Crippen LogP contribution < -0.4 is 0 Å². The number of carbonyl (C=O) groups is 2. The summed E-state index contributed by atoms with van der Waals surface area (Å²) in [6.45, 7) is 5.01. The average Bonchev–Trinajstić information content (AvgIpc) is 2.68. The van der Waals surface area contributed by atoms with Crippen LogP contribution in [0.1, 0.15) is 27.9 Å². The molecule has 1 aliphatic heterocycles. The molecule has 1 aromatic rings. The zero-order chi connectivity index (χ0) is 11.7. The van der Waals surface area contributed by atoms with E-state index in [-0.39, 0.29) is 17.6 Å². The number of Topliss-reactive ketones (excluding diaryl/α,β-unsaturated/α-hetero) is 1. The summed E-state index contributed by atoms with van der Waals surface area (Å²) in [6.07, 6.45) is 0.497. The summed E-state index contributed by atoms with van der Waals surface area (Å²) in [6, 6.07) is 3.82. The SMILES string of the molecule is Cc1ccc(C(=O)N2CCC(=O)C(C)C2)s1. The van der Waals surface area contributed by atoms with Crippen molar-refractivity contribution < 1.29 is 9.59 Å². The third kappa shape index (κ3) is 2.16. The van der Waals surface area contributed by atoms with E-state index in [1.54, 1.807) is 4.90 Å². The Kier molecular flexibility index (Phi) is 3.10. The van der Waals surface area contributed by atoms with Gasteiger partial charge in [-0.15, -0.1) is 11.3 Å². The number of hydrogen-bond acceptors (Lipinski definition) is 3. The van der Waals surface area contributed by atoms with Crippen LogP contribution in [0.5, 0.6) is 0 Å². The maximum Gasteiger partial charge on any atom is 0.263 e. The van der Waals surface area contributed by atoms with Crippen LogP contribution in [0.3, 0.4) is 0 Å². The van der Waals surface area contributed by atoms with E-state index in [1.165, 1.54) is 11.3 Å². The maximum absolute atomic E-state index is 12.1. The molecule has 1 unspecified atom stereocenters. The minimum atomic E-state index is -0.0150. The van der Waals surface area contributed by atoms with Gasteiger partial charge in [-0.2, -0.15) is 0 Å². The van der Waals surface area contributed by atoms with Crippen LogP contribution in [-0.4, -0.2) is 29.7 Å². The van der Waals surface area contributed by atoms with Gasteiger partial charge in [0.2, 0.25) is 0 Å². The van der Waals surface area contributed by atoms with Crippen LogP contribution in [0.15, 0.2) is 12.1 Å². The molecule has 0 saturated carbocycles. The first-order valence-corrected chi connectivity index (χ1v) is 6.28. The van der Waals surface area contributed by atoms with Crippen LogP contribution >= 0.6 is 11.3 Å². The molecule has 86 valence electrons. The summed E-state index contributed by atoms with van der Waals surface area (Å²) < 4.78 is 0. The average molecular weight is 237 g/mol. The van der Waals surface area contributed by atoms with Gasteiger partial charge in [-0.3, -0.25) is 9.59 Å². The van der Waals surface area contributed by atoms with Gasteiger partial charge in [0.05, 0.1) is 4.88 Å². The van der Waals surface area contributed by atoms with Gasteiger partial charge in [0, 0.05) is 30.3 Å². The largest absolute Gasteiger partial charge is 0.337 e. The zero-order valence-corrected chi connectivity index (χ0v) is 10.3. The van der Waals surface area contributed by atoms with E-state index in [0.717, 1.165) is 9.75 Å². The van der Waals surface area contributed by atoms with Gasteiger partial charge in [-0.1, -0.05) is 6.92 Å². The number of rotatable bonds is 1. The number of amides is 1. The van der Waals surface area contributed by atoms with E-state index in [0.29, 0.717) is 19.5 Å². The Morgan fingerprint density at radius 3 is 2.81 bits per heavy atom. The number of likely N-dealkylation sites (tertiary alicyclic amines) is 1. The molecule has 1 saturated heterocycles. The summed E-state index contributed by atoms with van der Waals surface area (Å²) in [5, 5.41) is 0. The first-order valence-electron chi connectivity index (χ1n) is 5.46. The molecule has 1 fully saturated rings. The van der Waals surface area contributed by atoms with E-state index in [9.17, 15) is 9.59 Å². The zero-order valence-electron chi connectivity index (χ0n) is 9.53. The van der Waals surface area contributed by atoms with Crippen molar-refractivity contribution in [1.82, 2.24) is 4.90 Å². The second-order valence-electron chi connectivity index (χ2n) is 4.28. The predicted molar refractivity (Wildman–Crippen MR) is 63.7 cm³/mol. The highest BCUT2D eigenvalue weighted by molar-refractivity contribution is 7.13. The third-order valence-electron chi connectivity index (χ3n) is 2.91. The molecule has 0 bridgehead atoms. The molecule has 1 aliphatic rings. The van der Waals surface area contributed by atoms with E-state index in [2.05, 4.69) is 0 Å². The highest BCUT2D eigenvalue weighted by Crippen LogP contribution is 2.20. The standard InChI is InChI=1S/C12H15NO2S/c1-8-7-13(6-5-10(8)14)12(15)11-4-3-9(2)16-11/h3-4,8H,5-7H2,1-2H3. The lowest BCUT2D eigenvalue weighted by Crippen LogP contribution is -2.42. The number of carbonyl (C=O) groups excluding carboxylic acids is 2. The fraction of sp³-hybridized carbons (Fsp3) is 0.500. The smallest absolute Gasteiger partial charge is 0.263 e. The van der Waals surface area contributed by atoms with Crippen molar-refractivity contribution in [3.05, 3.63) is 21.9 Å². The lowest BCUT2D eigenvalue weighted by Gasteiger charge is -2.29. The number of aryl methyl sites for hydroxylation is 1. The molecule has 1 atom stereocenters. The monoisotopic (exact) mass is 237 g/mol. The Morgan fingerprint density at radius 1 is 1.50 bits per heavy atom. The molecule has 16 heavy (non-hydrogen) atoms. The van der Waals surface area contributed by atoms with Crippen LogP contribution in [0.4, 0.5) is 0 Å². The highest BCUT2D eigenvalue weighted by Gasteiger charge is 2.27. The second kappa shape index (κ2) is 4.37. The molecule has 1 amide bonds. The lowest BCUT2D eigenvalue weighted by atomic mass is 9.98. The summed E-state index contributed by atoms with van der Waals surface area (Å²) >= 11 is 1.52. The molecule has 0 aromatic carbocycles. The van der Waals surface area contributed by atoms with E-state index >= 15 is 0 Å². The Balaban J connectivity index is 2.08. The summed E-state index contributed by atoms with van der Waals surface area (Å²) in [5.41, 5.74) is 0. The first kappa shape index (κ1) is 11.3. The van der Waals surface area contributed by atoms with Crippen molar-refractivity contribution in [2.24, 2.45) is 5.92 Å². The van der Waals surface area contributed by atoms with Crippen molar-refractivity contribution in [3.8, 4) is 0 Å². The van der Waals surface area contributed by atoms with Crippen molar-refractivity contribution in [2.75, 3.05) is 13.1 Å². The summed E-state index contributed by atoms with van der Waals surface area (Å²) in [5.74, 6) is 0.322. The number of hydrogen-bond donors (Lipinski definition) is 0. The summed E-state index contributed by atoms with van der Waals surface area (Å²) in [7, 11) is 0. The van der Waals surface area contributed by atoms with Crippen LogP contribution in [-0.2, 0) is 4.79 Å². The number of ketones is 1. The fourth-order valence-electron chi connectivity index (χ4n) is 1.90. The van der Waals surface area contributed by atoms with Gasteiger partial charge in [0.1, 0.15) is 5.78 Å². The number of thiophene rings is 1. The molecular formula is C12H15NO2S. The van der Waals surface area contributed by atoms with Crippen molar-refractivity contribution in [1.29, 1.82) is 0 Å². The quantitative estimate of drug-likeness (QED) is 0.750. The minimum Gasteiger partial charge on any atom is -0.337 e. The fourth-order valence-corrected chi connectivity index (χ4v) is 2.74. The minimum absolute atomic E-state index is 0.0150. The highest BCUT2D eigenvalue weighted by atomic mass is 32.1. The van der Waals surface area contributed by atoms with E-state index in [4.69, 9.17) is 0 Å². The molecule has 0 radical (unpaired) electrons. The van der Waals surface area contributed by atoms with Crippen LogP contribution in [0.25, 0.3) is 0 Å². The molecule has 0 aliphatic carbocycles. The molecule has 0 N–H and O–H groups in total. The normalized spacial score (nSPS) is 21.2. The van der Waals surface area contributed by atoms with Gasteiger partial charge in [0.25, 0.3) is 5.91 Å². The van der Waals surface area contributed by atoms with Crippen molar-refractivity contribution >= 4 is 23.0 Å². The second-order valence-corrected chi connectivity index (χ2v) is 5.57. The van der Waals surface area contributed by atoms with Crippen LogP contribution in [0, 0.1) is 12.8 Å². The van der Waals surface area contributed by atoms with Crippen molar-refractivity contribution in [2.45, 2.75) is 20.3 Å². The Labute approximate surface area is 99.1 Å². The maximum atomic E-state index is 12.1. The summed E-state index contributed by atoms with van der Waals surface area (Å²) in [4.78, 5) is 27.2. The third-order valence-corrected chi connectivity index (χ3v) is 3.90. The number of piperidine rings is 1. The van der Waals surface area contributed by atoms with Gasteiger partial charge in [0.15, 0.2) is 0 Å². The first-order chi connectivity index (χ1) is 7.58. The lowest BCUT2D eigenvalue weighted by molar-refractivity contribution is -0.124.